The Morgan fingerprint density at radius 3 is 2.58 bits per heavy atom. The van der Waals surface area contributed by atoms with Gasteiger partial charge in [0.25, 0.3) is 11.4 Å². The van der Waals surface area contributed by atoms with Gasteiger partial charge in [0, 0.05) is 18.3 Å². The lowest BCUT2D eigenvalue weighted by atomic mass is 10.1. The van der Waals surface area contributed by atoms with E-state index in [-0.39, 0.29) is 35.5 Å². The van der Waals surface area contributed by atoms with E-state index in [0.717, 1.165) is 11.1 Å². The summed E-state index contributed by atoms with van der Waals surface area (Å²) in [4.78, 5) is 29.4. The zero-order valence-corrected chi connectivity index (χ0v) is 16.7. The molecule has 0 atom stereocenters. The number of amides is 1. The number of hydrogen-bond acceptors (Lipinski definition) is 5. The maximum absolute atomic E-state index is 13.1. The number of carbonyl (C=O) groups excluding carboxylic acids is 1. The van der Waals surface area contributed by atoms with Crippen molar-refractivity contribution in [1.82, 2.24) is 20.0 Å². The monoisotopic (exact) mass is 418 g/mol. The number of hydrogen-bond donors (Lipinski definition) is 1. The molecule has 2 aromatic carbocycles. The second-order valence-corrected chi connectivity index (χ2v) is 7.05. The largest absolute Gasteiger partial charge is 0.350 e. The van der Waals surface area contributed by atoms with Crippen LogP contribution < -0.4 is 10.9 Å². The van der Waals surface area contributed by atoms with E-state index < -0.39 is 5.56 Å². The van der Waals surface area contributed by atoms with E-state index >= 15 is 0 Å². The minimum absolute atomic E-state index is 0.0266. The fraction of sp³-hybridized carbons (Fsp3) is 0.130. The van der Waals surface area contributed by atoms with E-state index in [0.29, 0.717) is 12.1 Å². The van der Waals surface area contributed by atoms with Gasteiger partial charge in [-0.05, 0) is 48.9 Å². The summed E-state index contributed by atoms with van der Waals surface area (Å²) in [6.07, 6.45) is 1.52. The second-order valence-electron chi connectivity index (χ2n) is 7.05. The van der Waals surface area contributed by atoms with E-state index in [1.165, 1.54) is 35.0 Å². The van der Waals surface area contributed by atoms with Crippen LogP contribution in [0.3, 0.4) is 0 Å². The van der Waals surface area contributed by atoms with Crippen LogP contribution in [-0.2, 0) is 17.9 Å². The Kier molecular flexibility index (Phi) is 5.70. The molecule has 0 saturated heterocycles. The van der Waals surface area contributed by atoms with Crippen LogP contribution in [0.2, 0.25) is 0 Å². The van der Waals surface area contributed by atoms with Crippen molar-refractivity contribution < 1.29 is 13.7 Å². The van der Waals surface area contributed by atoms with Crippen molar-refractivity contribution in [2.45, 2.75) is 20.0 Å². The third kappa shape index (κ3) is 4.75. The van der Waals surface area contributed by atoms with Crippen LogP contribution in [-0.4, -0.2) is 20.6 Å². The van der Waals surface area contributed by atoms with Gasteiger partial charge in [0.1, 0.15) is 17.9 Å². The van der Waals surface area contributed by atoms with E-state index in [1.807, 2.05) is 31.2 Å². The first-order chi connectivity index (χ1) is 15.0. The Morgan fingerprint density at radius 1 is 1.10 bits per heavy atom. The highest BCUT2D eigenvalue weighted by Gasteiger charge is 2.16. The fourth-order valence-corrected chi connectivity index (χ4v) is 2.99. The number of aromatic nitrogens is 3. The molecule has 0 aliphatic heterocycles. The molecule has 0 aliphatic carbocycles. The van der Waals surface area contributed by atoms with Crippen LogP contribution in [0.15, 0.2) is 76.2 Å². The van der Waals surface area contributed by atoms with Crippen LogP contribution in [0, 0.1) is 12.7 Å². The number of pyridine rings is 1. The van der Waals surface area contributed by atoms with Crippen molar-refractivity contribution in [2.75, 3.05) is 0 Å². The lowest BCUT2D eigenvalue weighted by Gasteiger charge is -2.08. The Morgan fingerprint density at radius 2 is 1.84 bits per heavy atom. The van der Waals surface area contributed by atoms with Gasteiger partial charge in [-0.25, -0.2) is 4.39 Å². The highest BCUT2D eigenvalue weighted by atomic mass is 19.1. The van der Waals surface area contributed by atoms with Crippen molar-refractivity contribution in [3.63, 3.8) is 0 Å². The summed E-state index contributed by atoms with van der Waals surface area (Å²) in [6, 6.07) is 16.6. The average Bonchev–Trinajstić information content (AvgIpc) is 3.25. The number of nitrogens with one attached hydrogen (secondary N) is 1. The van der Waals surface area contributed by atoms with E-state index in [1.54, 1.807) is 12.1 Å². The Balaban J connectivity index is 1.48. The summed E-state index contributed by atoms with van der Waals surface area (Å²) in [5.41, 5.74) is 2.42. The lowest BCUT2D eigenvalue weighted by Crippen LogP contribution is -2.32. The first-order valence-corrected chi connectivity index (χ1v) is 9.61. The summed E-state index contributed by atoms with van der Waals surface area (Å²) < 4.78 is 19.6. The maximum atomic E-state index is 13.1. The van der Waals surface area contributed by atoms with Gasteiger partial charge < -0.3 is 14.4 Å². The molecule has 1 amide bonds. The van der Waals surface area contributed by atoms with E-state index in [4.69, 9.17) is 4.52 Å². The van der Waals surface area contributed by atoms with Gasteiger partial charge in [-0.1, -0.05) is 35.0 Å². The molecular weight excluding hydrogens is 399 g/mol. The molecule has 0 unspecified atom stereocenters. The average molecular weight is 418 g/mol. The van der Waals surface area contributed by atoms with Gasteiger partial charge in [0.2, 0.25) is 11.7 Å². The highest BCUT2D eigenvalue weighted by Crippen LogP contribution is 2.20. The van der Waals surface area contributed by atoms with Gasteiger partial charge in [-0.3, -0.25) is 9.59 Å². The maximum Gasteiger partial charge on any atom is 0.263 e. The number of carbonyl (C=O) groups is 1. The molecule has 0 saturated carbocycles. The van der Waals surface area contributed by atoms with E-state index in [9.17, 15) is 14.0 Å². The van der Waals surface area contributed by atoms with Crippen LogP contribution >= 0.6 is 0 Å². The summed E-state index contributed by atoms with van der Waals surface area (Å²) in [6.45, 7) is 2.23. The van der Waals surface area contributed by atoms with Gasteiger partial charge in [-0.15, -0.1) is 0 Å². The molecule has 0 aliphatic rings. The molecule has 8 heteroatoms. The zero-order valence-electron chi connectivity index (χ0n) is 16.7. The third-order valence-electron chi connectivity index (χ3n) is 4.70. The quantitative estimate of drug-likeness (QED) is 0.519. The minimum atomic E-state index is -0.428. The molecule has 0 fully saturated rings. The van der Waals surface area contributed by atoms with Gasteiger partial charge >= 0.3 is 0 Å². The standard InChI is InChI=1S/C23H19FN4O3/c1-15-4-6-16(7-5-15)13-25-20(29)14-28-12-2-3-19(23(28)30)22-26-21(27-31-22)17-8-10-18(24)11-9-17/h2-12H,13-14H2,1H3,(H,25,29). The molecular formula is C23H19FN4O3. The summed E-state index contributed by atoms with van der Waals surface area (Å²) >= 11 is 0. The summed E-state index contributed by atoms with van der Waals surface area (Å²) in [5, 5.41) is 6.66. The Hall–Kier alpha value is -4.07. The molecule has 2 heterocycles. The van der Waals surface area contributed by atoms with Crippen molar-refractivity contribution in [3.05, 3.63) is 94.2 Å². The first-order valence-electron chi connectivity index (χ1n) is 9.61. The lowest BCUT2D eigenvalue weighted by molar-refractivity contribution is -0.121. The predicted molar refractivity (Wildman–Crippen MR) is 112 cm³/mol. The molecule has 1 N–H and O–H groups in total. The van der Waals surface area contributed by atoms with Gasteiger partial charge in [-0.2, -0.15) is 4.98 Å². The van der Waals surface area contributed by atoms with Crippen LogP contribution in [0.5, 0.6) is 0 Å². The molecule has 0 spiro atoms. The third-order valence-corrected chi connectivity index (χ3v) is 4.70. The smallest absolute Gasteiger partial charge is 0.263 e. The molecule has 7 nitrogen and oxygen atoms in total. The van der Waals surface area contributed by atoms with Crippen molar-refractivity contribution in [2.24, 2.45) is 0 Å². The second kappa shape index (κ2) is 8.74. The molecule has 0 radical (unpaired) electrons. The van der Waals surface area contributed by atoms with Gasteiger partial charge in [0.05, 0.1) is 0 Å². The van der Waals surface area contributed by atoms with Crippen LogP contribution in [0.1, 0.15) is 11.1 Å². The molecule has 156 valence electrons. The predicted octanol–water partition coefficient (Wildman–Crippen LogP) is 3.33. The molecule has 31 heavy (non-hydrogen) atoms. The molecule has 0 bridgehead atoms. The normalized spacial score (nSPS) is 10.8. The van der Waals surface area contributed by atoms with E-state index in [2.05, 4.69) is 15.5 Å². The topological polar surface area (TPSA) is 90.0 Å². The first kappa shape index (κ1) is 20.2. The number of rotatable bonds is 6. The SMILES string of the molecule is Cc1ccc(CNC(=O)Cn2cccc(-c3nc(-c4ccc(F)cc4)no3)c2=O)cc1. The number of halogens is 1. The van der Waals surface area contributed by atoms with Gasteiger partial charge in [0.15, 0.2) is 0 Å². The molecule has 2 aromatic heterocycles. The van der Waals surface area contributed by atoms with Crippen molar-refractivity contribution >= 4 is 5.91 Å². The number of nitrogens with zero attached hydrogens (tertiary/aromatic N) is 3. The Bertz CT molecular complexity index is 1260. The van der Waals surface area contributed by atoms with Crippen LogP contribution in [0.25, 0.3) is 22.8 Å². The Labute approximate surface area is 177 Å². The highest BCUT2D eigenvalue weighted by molar-refractivity contribution is 5.75. The minimum Gasteiger partial charge on any atom is -0.350 e. The molecule has 4 aromatic rings. The fourth-order valence-electron chi connectivity index (χ4n) is 2.99. The summed E-state index contributed by atoms with van der Waals surface area (Å²) in [5.74, 6) is -0.407. The number of benzene rings is 2. The van der Waals surface area contributed by atoms with Crippen molar-refractivity contribution in [3.8, 4) is 22.8 Å². The zero-order chi connectivity index (χ0) is 21.8. The molecule has 4 rings (SSSR count). The van der Waals surface area contributed by atoms with Crippen molar-refractivity contribution in [1.29, 1.82) is 0 Å². The summed E-state index contributed by atoms with van der Waals surface area (Å²) in [7, 11) is 0. The van der Waals surface area contributed by atoms with Crippen LogP contribution in [0.4, 0.5) is 4.39 Å². The number of aryl methyl sites for hydroxylation is 1.